The maximum absolute atomic E-state index is 12.8. The second-order valence-corrected chi connectivity index (χ2v) is 2.81. The zero-order valence-corrected chi connectivity index (χ0v) is 7.54. The molecule has 3 nitrogen and oxygen atoms in total. The normalized spacial score (nSPS) is 12.6. The SMILES string of the molecule is COc1c(C(C)N)ccc(F)c1O. The Balaban J connectivity index is 3.30. The molecule has 0 heterocycles. The number of ether oxygens (including phenoxy) is 1. The Hall–Kier alpha value is -1.29. The maximum Gasteiger partial charge on any atom is 0.194 e. The van der Waals surface area contributed by atoms with Crippen LogP contribution in [0.25, 0.3) is 0 Å². The second kappa shape index (κ2) is 3.62. The van der Waals surface area contributed by atoms with Gasteiger partial charge in [0.2, 0.25) is 0 Å². The molecule has 72 valence electrons. The Kier molecular flexibility index (Phi) is 2.72. The molecule has 0 aliphatic carbocycles. The predicted octanol–water partition coefficient (Wildman–Crippen LogP) is 1.56. The Morgan fingerprint density at radius 1 is 1.54 bits per heavy atom. The van der Waals surface area contributed by atoms with Gasteiger partial charge < -0.3 is 15.6 Å². The van der Waals surface area contributed by atoms with E-state index < -0.39 is 11.6 Å². The number of rotatable bonds is 2. The van der Waals surface area contributed by atoms with Gasteiger partial charge in [0, 0.05) is 11.6 Å². The first kappa shape index (κ1) is 9.80. The van der Waals surface area contributed by atoms with Gasteiger partial charge >= 0.3 is 0 Å². The van der Waals surface area contributed by atoms with Crippen molar-refractivity contribution in [3.63, 3.8) is 0 Å². The molecule has 4 heteroatoms. The first-order chi connectivity index (χ1) is 6.07. The van der Waals surface area contributed by atoms with E-state index in [4.69, 9.17) is 10.5 Å². The average Bonchev–Trinajstić information content (AvgIpc) is 2.09. The van der Waals surface area contributed by atoms with Crippen molar-refractivity contribution < 1.29 is 14.2 Å². The molecule has 0 saturated carbocycles. The highest BCUT2D eigenvalue weighted by Gasteiger charge is 2.15. The minimum absolute atomic E-state index is 0.106. The van der Waals surface area contributed by atoms with Gasteiger partial charge in [-0.2, -0.15) is 0 Å². The Morgan fingerprint density at radius 2 is 2.15 bits per heavy atom. The summed E-state index contributed by atoms with van der Waals surface area (Å²) in [4.78, 5) is 0. The molecule has 0 fully saturated rings. The van der Waals surface area contributed by atoms with Crippen molar-refractivity contribution in [1.29, 1.82) is 0 Å². The minimum atomic E-state index is -0.707. The van der Waals surface area contributed by atoms with Gasteiger partial charge in [0.05, 0.1) is 7.11 Å². The molecule has 1 atom stereocenters. The fourth-order valence-corrected chi connectivity index (χ4v) is 1.14. The number of methoxy groups -OCH3 is 1. The van der Waals surface area contributed by atoms with Crippen LogP contribution < -0.4 is 10.5 Å². The molecule has 1 rings (SSSR count). The van der Waals surface area contributed by atoms with E-state index in [9.17, 15) is 9.50 Å². The van der Waals surface area contributed by atoms with Crippen LogP contribution in [0.5, 0.6) is 11.5 Å². The quantitative estimate of drug-likeness (QED) is 0.735. The zero-order valence-electron chi connectivity index (χ0n) is 7.54. The number of halogens is 1. The minimum Gasteiger partial charge on any atom is -0.502 e. The van der Waals surface area contributed by atoms with Gasteiger partial charge in [0.1, 0.15) is 0 Å². The third-order valence-corrected chi connectivity index (χ3v) is 1.81. The van der Waals surface area contributed by atoms with Crippen molar-refractivity contribution in [2.45, 2.75) is 13.0 Å². The van der Waals surface area contributed by atoms with Crippen molar-refractivity contribution >= 4 is 0 Å². The van der Waals surface area contributed by atoms with Crippen LogP contribution in [0.2, 0.25) is 0 Å². The fourth-order valence-electron chi connectivity index (χ4n) is 1.14. The highest BCUT2D eigenvalue weighted by Crippen LogP contribution is 2.34. The van der Waals surface area contributed by atoms with Crippen LogP contribution in [0.15, 0.2) is 12.1 Å². The predicted molar refractivity (Wildman–Crippen MR) is 47.2 cm³/mol. The van der Waals surface area contributed by atoms with E-state index in [0.29, 0.717) is 5.56 Å². The molecule has 1 aromatic rings. The van der Waals surface area contributed by atoms with Crippen molar-refractivity contribution in [3.8, 4) is 11.5 Å². The Bertz CT molecular complexity index is 313. The molecular weight excluding hydrogens is 173 g/mol. The third kappa shape index (κ3) is 1.72. The van der Waals surface area contributed by atoms with E-state index in [2.05, 4.69) is 0 Å². The molecule has 0 saturated heterocycles. The summed E-state index contributed by atoms with van der Waals surface area (Å²) in [5.41, 5.74) is 6.18. The number of phenols is 1. The number of aromatic hydroxyl groups is 1. The number of phenolic OH excluding ortho intramolecular Hbond substituents is 1. The first-order valence-electron chi connectivity index (χ1n) is 3.89. The van der Waals surface area contributed by atoms with Gasteiger partial charge in [-0.05, 0) is 13.0 Å². The van der Waals surface area contributed by atoms with Gasteiger partial charge in [-0.1, -0.05) is 6.07 Å². The van der Waals surface area contributed by atoms with Crippen LogP contribution in [-0.4, -0.2) is 12.2 Å². The molecule has 0 aliphatic rings. The van der Waals surface area contributed by atoms with Crippen LogP contribution in [0, 0.1) is 5.82 Å². The zero-order chi connectivity index (χ0) is 10.0. The largest absolute Gasteiger partial charge is 0.502 e. The average molecular weight is 185 g/mol. The number of nitrogens with two attached hydrogens (primary N) is 1. The monoisotopic (exact) mass is 185 g/mol. The number of benzene rings is 1. The highest BCUT2D eigenvalue weighted by molar-refractivity contribution is 5.47. The van der Waals surface area contributed by atoms with Crippen molar-refractivity contribution in [1.82, 2.24) is 0 Å². The van der Waals surface area contributed by atoms with E-state index in [-0.39, 0.29) is 11.8 Å². The second-order valence-electron chi connectivity index (χ2n) is 2.81. The lowest BCUT2D eigenvalue weighted by molar-refractivity contribution is 0.351. The molecule has 3 N–H and O–H groups in total. The summed E-state index contributed by atoms with van der Waals surface area (Å²) in [6.07, 6.45) is 0. The molecule has 0 bridgehead atoms. The third-order valence-electron chi connectivity index (χ3n) is 1.81. The first-order valence-corrected chi connectivity index (χ1v) is 3.89. The van der Waals surface area contributed by atoms with Gasteiger partial charge in [-0.15, -0.1) is 0 Å². The molecule has 0 amide bonds. The summed E-state index contributed by atoms with van der Waals surface area (Å²) in [5, 5.41) is 9.27. The summed E-state index contributed by atoms with van der Waals surface area (Å²) in [5.74, 6) is -1.09. The smallest absolute Gasteiger partial charge is 0.194 e. The lowest BCUT2D eigenvalue weighted by Gasteiger charge is -2.12. The maximum atomic E-state index is 12.8. The summed E-state index contributed by atoms with van der Waals surface area (Å²) >= 11 is 0. The van der Waals surface area contributed by atoms with Gasteiger partial charge in [0.15, 0.2) is 17.3 Å². The number of hydrogen-bond acceptors (Lipinski definition) is 3. The summed E-state index contributed by atoms with van der Waals surface area (Å²) in [6.45, 7) is 1.73. The molecule has 1 unspecified atom stereocenters. The lowest BCUT2D eigenvalue weighted by Crippen LogP contribution is -2.07. The molecular formula is C9H12FNO2. The Morgan fingerprint density at radius 3 is 2.62 bits per heavy atom. The summed E-state index contributed by atoms with van der Waals surface area (Å²) < 4.78 is 17.7. The van der Waals surface area contributed by atoms with E-state index in [1.54, 1.807) is 6.92 Å². The van der Waals surface area contributed by atoms with Crippen LogP contribution in [-0.2, 0) is 0 Å². The van der Waals surface area contributed by atoms with Crippen molar-refractivity contribution in [2.75, 3.05) is 7.11 Å². The van der Waals surface area contributed by atoms with Crippen molar-refractivity contribution in [2.24, 2.45) is 5.73 Å². The molecule has 0 aromatic heterocycles. The van der Waals surface area contributed by atoms with Crippen LogP contribution in [0.4, 0.5) is 4.39 Å². The van der Waals surface area contributed by atoms with E-state index in [0.717, 1.165) is 6.07 Å². The van der Waals surface area contributed by atoms with Gasteiger partial charge in [0.25, 0.3) is 0 Å². The van der Waals surface area contributed by atoms with Crippen LogP contribution >= 0.6 is 0 Å². The Labute approximate surface area is 75.9 Å². The van der Waals surface area contributed by atoms with Gasteiger partial charge in [-0.3, -0.25) is 0 Å². The highest BCUT2D eigenvalue weighted by atomic mass is 19.1. The molecule has 0 radical (unpaired) electrons. The van der Waals surface area contributed by atoms with E-state index in [1.807, 2.05) is 0 Å². The van der Waals surface area contributed by atoms with Crippen LogP contribution in [0.3, 0.4) is 0 Å². The van der Waals surface area contributed by atoms with Gasteiger partial charge in [-0.25, -0.2) is 4.39 Å². The number of hydrogen-bond donors (Lipinski definition) is 2. The summed E-state index contributed by atoms with van der Waals surface area (Å²) in [7, 11) is 1.36. The summed E-state index contributed by atoms with van der Waals surface area (Å²) in [6, 6.07) is 2.36. The standard InChI is InChI=1S/C9H12FNO2/c1-5(11)6-3-4-7(10)8(12)9(6)13-2/h3-5,12H,11H2,1-2H3. The fraction of sp³-hybridized carbons (Fsp3) is 0.333. The molecule has 0 spiro atoms. The van der Waals surface area contributed by atoms with E-state index in [1.165, 1.54) is 13.2 Å². The molecule has 1 aromatic carbocycles. The molecule has 13 heavy (non-hydrogen) atoms. The molecule has 0 aliphatic heterocycles. The lowest BCUT2D eigenvalue weighted by atomic mass is 10.1. The topological polar surface area (TPSA) is 55.5 Å². The van der Waals surface area contributed by atoms with Crippen LogP contribution in [0.1, 0.15) is 18.5 Å². The van der Waals surface area contributed by atoms with Crippen molar-refractivity contribution in [3.05, 3.63) is 23.5 Å². The van der Waals surface area contributed by atoms with E-state index >= 15 is 0 Å².